The number of aliphatic hydroxyl groups excluding tert-OH is 1. The Morgan fingerprint density at radius 2 is 1.54 bits per heavy atom. The maximum Gasteiger partial charge on any atom is 0.153 e. The summed E-state index contributed by atoms with van der Waals surface area (Å²) in [5.41, 5.74) is 5.58. The van der Waals surface area contributed by atoms with E-state index in [0.717, 1.165) is 42.6 Å². The van der Waals surface area contributed by atoms with Crippen LogP contribution >= 0.6 is 0 Å². The summed E-state index contributed by atoms with van der Waals surface area (Å²) in [6, 6.07) is 13.7. The predicted octanol–water partition coefficient (Wildman–Crippen LogP) is 8.69. The molecule has 0 aliphatic heterocycles. The zero-order valence-electron chi connectivity index (χ0n) is 21.5. The van der Waals surface area contributed by atoms with Crippen LogP contribution in [0.3, 0.4) is 0 Å². The Morgan fingerprint density at radius 1 is 0.943 bits per heavy atom. The summed E-state index contributed by atoms with van der Waals surface area (Å²) in [7, 11) is 0. The fraction of sp³-hybridized carbons (Fsp3) is 0.452. The second kappa shape index (κ2) is 10.2. The zero-order valence-corrected chi connectivity index (χ0v) is 21.5. The van der Waals surface area contributed by atoms with Gasteiger partial charge in [-0.05, 0) is 67.3 Å². The Labute approximate surface area is 208 Å². The van der Waals surface area contributed by atoms with Gasteiger partial charge in [-0.15, -0.1) is 0 Å². The van der Waals surface area contributed by atoms with E-state index in [1.165, 1.54) is 12.1 Å². The monoisotopic (exact) mass is 477 g/mol. The van der Waals surface area contributed by atoms with Gasteiger partial charge in [-0.1, -0.05) is 75.6 Å². The Morgan fingerprint density at radius 3 is 2.11 bits per heavy atom. The molecule has 3 aromatic rings. The molecular weight excluding hydrogens is 440 g/mol. The third-order valence-electron chi connectivity index (χ3n) is 7.13. The molecule has 0 radical (unpaired) electrons. The van der Waals surface area contributed by atoms with Gasteiger partial charge < -0.3 is 5.11 Å². The molecule has 0 spiro atoms. The van der Waals surface area contributed by atoms with Crippen molar-refractivity contribution in [1.29, 1.82) is 0 Å². The summed E-state index contributed by atoms with van der Waals surface area (Å²) in [5.74, 6) is -0.162. The van der Waals surface area contributed by atoms with Crippen molar-refractivity contribution in [1.82, 2.24) is 4.98 Å². The lowest BCUT2D eigenvalue weighted by molar-refractivity contribution is 0.121. The second-order valence-corrected chi connectivity index (χ2v) is 11.3. The topological polar surface area (TPSA) is 33.1 Å². The predicted molar refractivity (Wildman–Crippen MR) is 139 cm³/mol. The number of hydrogen-bond acceptors (Lipinski definition) is 2. The molecule has 4 rings (SSSR count). The first-order valence-electron chi connectivity index (χ1n) is 12.7. The molecule has 186 valence electrons. The molecule has 1 aromatic heterocycles. The average molecular weight is 478 g/mol. The number of aromatic nitrogens is 1. The van der Waals surface area contributed by atoms with E-state index >= 15 is 4.39 Å². The van der Waals surface area contributed by atoms with Crippen molar-refractivity contribution < 1.29 is 13.9 Å². The third-order valence-corrected chi connectivity index (χ3v) is 7.13. The minimum Gasteiger partial charge on any atom is -0.388 e. The SMILES string of the molecule is Cc1ccc([C@H](F)c2c(C3CCCC3)nc(C)c([C@@H](O)CC(C)(C)C)c2-c2ccc(F)cc2)cc1. The van der Waals surface area contributed by atoms with Crippen LogP contribution in [0.1, 0.15) is 105 Å². The van der Waals surface area contributed by atoms with Crippen molar-refractivity contribution in [2.75, 3.05) is 0 Å². The van der Waals surface area contributed by atoms with Gasteiger partial charge in [0.2, 0.25) is 0 Å². The molecule has 4 heteroatoms. The van der Waals surface area contributed by atoms with E-state index in [1.54, 1.807) is 12.1 Å². The van der Waals surface area contributed by atoms with Crippen LogP contribution in [0.4, 0.5) is 8.78 Å². The van der Waals surface area contributed by atoms with Crippen LogP contribution in [0.15, 0.2) is 48.5 Å². The van der Waals surface area contributed by atoms with Crippen molar-refractivity contribution in [2.45, 2.75) is 84.9 Å². The Bertz CT molecular complexity index is 1160. The van der Waals surface area contributed by atoms with E-state index in [0.29, 0.717) is 34.2 Å². The number of pyridine rings is 1. The maximum absolute atomic E-state index is 16.7. The highest BCUT2D eigenvalue weighted by Crippen LogP contribution is 2.47. The summed E-state index contributed by atoms with van der Waals surface area (Å²) in [4.78, 5) is 5.00. The fourth-order valence-electron chi connectivity index (χ4n) is 5.44. The van der Waals surface area contributed by atoms with Gasteiger partial charge in [0, 0.05) is 22.7 Å². The molecule has 2 atom stereocenters. The van der Waals surface area contributed by atoms with Crippen LogP contribution in [0.25, 0.3) is 11.1 Å². The fourth-order valence-corrected chi connectivity index (χ4v) is 5.44. The average Bonchev–Trinajstić information content (AvgIpc) is 3.32. The van der Waals surface area contributed by atoms with Gasteiger partial charge in [0.15, 0.2) is 6.17 Å². The molecule has 1 aliphatic rings. The number of nitrogens with zero attached hydrogens (tertiary/aromatic N) is 1. The van der Waals surface area contributed by atoms with Crippen molar-refractivity contribution in [3.05, 3.63) is 88.0 Å². The largest absolute Gasteiger partial charge is 0.388 e. The third kappa shape index (κ3) is 5.64. The van der Waals surface area contributed by atoms with Gasteiger partial charge in [-0.2, -0.15) is 0 Å². The first kappa shape index (κ1) is 25.5. The number of rotatable bonds is 6. The molecular formula is C31H37F2NO. The molecule has 0 bridgehead atoms. The van der Waals surface area contributed by atoms with Gasteiger partial charge in [-0.25, -0.2) is 8.78 Å². The standard InChI is InChI=1S/C31H37F2NO/c1-19-10-12-22(13-11-19)29(33)28-27(21-14-16-24(32)17-15-21)26(25(35)18-31(3,4)5)20(2)34-30(28)23-8-6-7-9-23/h10-17,23,25,29,35H,6-9,18H2,1-5H3/t25-,29-/m0/s1. The quantitative estimate of drug-likeness (QED) is 0.385. The molecule has 1 fully saturated rings. The Balaban J connectivity index is 2.03. The van der Waals surface area contributed by atoms with E-state index in [-0.39, 0.29) is 17.2 Å². The number of alkyl halides is 1. The van der Waals surface area contributed by atoms with Crippen LogP contribution in [-0.2, 0) is 0 Å². The highest BCUT2D eigenvalue weighted by atomic mass is 19.1. The summed E-state index contributed by atoms with van der Waals surface area (Å²) in [6.45, 7) is 10.1. The molecule has 0 amide bonds. The lowest BCUT2D eigenvalue weighted by Gasteiger charge is -2.30. The zero-order chi connectivity index (χ0) is 25.3. The first-order chi connectivity index (χ1) is 16.5. The second-order valence-electron chi connectivity index (χ2n) is 11.3. The normalized spacial score (nSPS) is 16.5. The first-order valence-corrected chi connectivity index (χ1v) is 12.7. The van der Waals surface area contributed by atoms with Gasteiger partial charge >= 0.3 is 0 Å². The van der Waals surface area contributed by atoms with Gasteiger partial charge in [0.1, 0.15) is 5.82 Å². The molecule has 1 heterocycles. The van der Waals surface area contributed by atoms with E-state index in [1.807, 2.05) is 38.1 Å². The summed E-state index contributed by atoms with van der Waals surface area (Å²) < 4.78 is 30.6. The number of aryl methyl sites for hydroxylation is 2. The summed E-state index contributed by atoms with van der Waals surface area (Å²) >= 11 is 0. The molecule has 1 aliphatic carbocycles. The maximum atomic E-state index is 16.7. The minimum atomic E-state index is -1.40. The molecule has 2 aromatic carbocycles. The van der Waals surface area contributed by atoms with Crippen LogP contribution in [0, 0.1) is 25.1 Å². The lowest BCUT2D eigenvalue weighted by atomic mass is 9.80. The van der Waals surface area contributed by atoms with Crippen molar-refractivity contribution in [3.8, 4) is 11.1 Å². The smallest absolute Gasteiger partial charge is 0.153 e. The van der Waals surface area contributed by atoms with Gasteiger partial charge in [0.25, 0.3) is 0 Å². The molecule has 35 heavy (non-hydrogen) atoms. The van der Waals surface area contributed by atoms with Crippen molar-refractivity contribution in [3.63, 3.8) is 0 Å². The van der Waals surface area contributed by atoms with E-state index in [4.69, 9.17) is 4.98 Å². The highest BCUT2D eigenvalue weighted by molar-refractivity contribution is 5.75. The summed E-state index contributed by atoms with van der Waals surface area (Å²) in [5, 5.41) is 11.5. The number of halogens is 2. The molecule has 1 N–H and O–H groups in total. The molecule has 0 unspecified atom stereocenters. The summed E-state index contributed by atoms with van der Waals surface area (Å²) in [6.07, 6.45) is 2.45. The van der Waals surface area contributed by atoms with Gasteiger partial charge in [-0.3, -0.25) is 4.98 Å². The number of hydrogen-bond donors (Lipinski definition) is 1. The highest BCUT2D eigenvalue weighted by Gasteiger charge is 2.33. The Hall–Kier alpha value is -2.59. The Kier molecular flexibility index (Phi) is 7.42. The van der Waals surface area contributed by atoms with Gasteiger partial charge in [0.05, 0.1) is 11.8 Å². The van der Waals surface area contributed by atoms with Crippen LogP contribution in [0.2, 0.25) is 0 Å². The number of benzene rings is 2. The van der Waals surface area contributed by atoms with E-state index < -0.39 is 12.3 Å². The van der Waals surface area contributed by atoms with Crippen LogP contribution < -0.4 is 0 Å². The van der Waals surface area contributed by atoms with E-state index in [9.17, 15) is 9.50 Å². The van der Waals surface area contributed by atoms with E-state index in [2.05, 4.69) is 20.8 Å². The number of aliphatic hydroxyl groups is 1. The lowest BCUT2D eigenvalue weighted by Crippen LogP contribution is -2.18. The van der Waals surface area contributed by atoms with Crippen LogP contribution in [-0.4, -0.2) is 10.1 Å². The van der Waals surface area contributed by atoms with Crippen molar-refractivity contribution >= 4 is 0 Å². The van der Waals surface area contributed by atoms with Crippen LogP contribution in [0.5, 0.6) is 0 Å². The van der Waals surface area contributed by atoms with Crippen molar-refractivity contribution in [2.24, 2.45) is 5.41 Å². The molecule has 0 saturated heterocycles. The molecule has 1 saturated carbocycles. The minimum absolute atomic E-state index is 0.137. The molecule has 2 nitrogen and oxygen atoms in total.